The second kappa shape index (κ2) is 5.81. The van der Waals surface area contributed by atoms with Crippen molar-refractivity contribution >= 4 is 33.4 Å². The third-order valence-corrected chi connectivity index (χ3v) is 2.87. The van der Waals surface area contributed by atoms with Gasteiger partial charge in [-0.15, -0.1) is 0 Å². The molecule has 0 spiro atoms. The van der Waals surface area contributed by atoms with Crippen molar-refractivity contribution in [2.75, 3.05) is 17.9 Å². The summed E-state index contributed by atoms with van der Waals surface area (Å²) in [7, 11) is 1.40. The molecule has 0 saturated heterocycles. The molecule has 0 saturated carbocycles. The van der Waals surface area contributed by atoms with Gasteiger partial charge >= 0.3 is 0 Å². The average Bonchev–Trinajstić information content (AvgIpc) is 2.43. The molecule has 19 heavy (non-hydrogen) atoms. The highest BCUT2D eigenvalue weighted by atomic mass is 79.9. The Hall–Kier alpha value is -1.93. The van der Waals surface area contributed by atoms with Gasteiger partial charge in [-0.3, -0.25) is 5.43 Å². The number of anilines is 3. The molecule has 6 nitrogen and oxygen atoms in total. The van der Waals surface area contributed by atoms with E-state index in [9.17, 15) is 4.39 Å². The van der Waals surface area contributed by atoms with Crippen LogP contribution in [0.4, 0.5) is 21.8 Å². The predicted octanol–water partition coefficient (Wildman–Crippen LogP) is 2.42. The van der Waals surface area contributed by atoms with Crippen molar-refractivity contribution in [3.05, 3.63) is 34.7 Å². The summed E-state index contributed by atoms with van der Waals surface area (Å²) in [6.45, 7) is 0. The summed E-state index contributed by atoms with van der Waals surface area (Å²) < 4.78 is 18.8. The van der Waals surface area contributed by atoms with E-state index in [1.165, 1.54) is 19.2 Å². The molecule has 0 aliphatic heterocycles. The first-order valence-electron chi connectivity index (χ1n) is 5.23. The molecule has 2 rings (SSSR count). The first kappa shape index (κ1) is 13.5. The molecule has 100 valence electrons. The molecule has 0 radical (unpaired) electrons. The van der Waals surface area contributed by atoms with Gasteiger partial charge < -0.3 is 10.1 Å². The standard InChI is InChI=1S/C11H11BrFN5O/c1-19-9-4-6(2-3-8(9)13)16-10-7(12)5-15-11(17-10)18-14/h2-5H,14H2,1H3,(H2,15,16,17,18). The quantitative estimate of drug-likeness (QED) is 0.590. The van der Waals surface area contributed by atoms with Gasteiger partial charge in [-0.1, -0.05) is 0 Å². The zero-order valence-electron chi connectivity index (χ0n) is 9.95. The first-order chi connectivity index (χ1) is 9.13. The van der Waals surface area contributed by atoms with Gasteiger partial charge in [0.05, 0.1) is 11.6 Å². The number of hydrogen-bond donors (Lipinski definition) is 3. The number of hydrazine groups is 1. The molecule has 1 heterocycles. The van der Waals surface area contributed by atoms with Crippen molar-refractivity contribution in [3.8, 4) is 5.75 Å². The van der Waals surface area contributed by atoms with E-state index in [4.69, 9.17) is 10.6 Å². The molecule has 8 heteroatoms. The number of ether oxygens (including phenoxy) is 1. The minimum absolute atomic E-state index is 0.146. The van der Waals surface area contributed by atoms with Crippen LogP contribution in [0.2, 0.25) is 0 Å². The maximum absolute atomic E-state index is 13.3. The largest absolute Gasteiger partial charge is 0.494 e. The number of benzene rings is 1. The Labute approximate surface area is 117 Å². The summed E-state index contributed by atoms with van der Waals surface area (Å²) in [4.78, 5) is 8.05. The molecule has 4 N–H and O–H groups in total. The predicted molar refractivity (Wildman–Crippen MR) is 73.8 cm³/mol. The number of nitrogens with one attached hydrogen (secondary N) is 2. The van der Waals surface area contributed by atoms with Gasteiger partial charge in [0.25, 0.3) is 0 Å². The van der Waals surface area contributed by atoms with Gasteiger partial charge in [0, 0.05) is 18.0 Å². The first-order valence-corrected chi connectivity index (χ1v) is 6.03. The Kier molecular flexibility index (Phi) is 4.13. The van der Waals surface area contributed by atoms with Crippen LogP contribution in [-0.2, 0) is 0 Å². The number of nitrogen functional groups attached to an aromatic ring is 1. The van der Waals surface area contributed by atoms with Crippen molar-refractivity contribution in [3.63, 3.8) is 0 Å². The maximum Gasteiger partial charge on any atom is 0.239 e. The molecule has 0 aliphatic rings. The lowest BCUT2D eigenvalue weighted by atomic mass is 10.3. The molecular weight excluding hydrogens is 317 g/mol. The van der Waals surface area contributed by atoms with E-state index in [0.29, 0.717) is 16.0 Å². The summed E-state index contributed by atoms with van der Waals surface area (Å²) in [5.74, 6) is 5.71. The molecule has 1 aromatic heterocycles. The Bertz CT molecular complexity index is 595. The summed E-state index contributed by atoms with van der Waals surface area (Å²) in [5, 5.41) is 3.01. The maximum atomic E-state index is 13.3. The van der Waals surface area contributed by atoms with Crippen LogP contribution in [0.3, 0.4) is 0 Å². The Morgan fingerprint density at radius 1 is 1.42 bits per heavy atom. The summed E-state index contributed by atoms with van der Waals surface area (Å²) in [6, 6.07) is 4.40. The average molecular weight is 328 g/mol. The van der Waals surface area contributed by atoms with Gasteiger partial charge in [-0.2, -0.15) is 4.98 Å². The minimum Gasteiger partial charge on any atom is -0.494 e. The highest BCUT2D eigenvalue weighted by Crippen LogP contribution is 2.27. The zero-order chi connectivity index (χ0) is 13.8. The number of nitrogens with two attached hydrogens (primary N) is 1. The lowest BCUT2D eigenvalue weighted by Crippen LogP contribution is -2.11. The van der Waals surface area contributed by atoms with E-state index in [1.54, 1.807) is 12.3 Å². The number of aromatic nitrogens is 2. The molecule has 1 aromatic carbocycles. The van der Waals surface area contributed by atoms with Crippen LogP contribution in [0.1, 0.15) is 0 Å². The third kappa shape index (κ3) is 3.09. The van der Waals surface area contributed by atoms with E-state index >= 15 is 0 Å². The number of methoxy groups -OCH3 is 1. The Balaban J connectivity index is 2.30. The van der Waals surface area contributed by atoms with E-state index in [1.807, 2.05) is 0 Å². The van der Waals surface area contributed by atoms with Crippen LogP contribution >= 0.6 is 15.9 Å². The Morgan fingerprint density at radius 3 is 2.89 bits per heavy atom. The number of halogens is 2. The van der Waals surface area contributed by atoms with E-state index < -0.39 is 5.82 Å². The van der Waals surface area contributed by atoms with E-state index in [-0.39, 0.29) is 11.7 Å². The molecule has 2 aromatic rings. The molecule has 0 fully saturated rings. The summed E-state index contributed by atoms with van der Waals surface area (Å²) in [6.07, 6.45) is 1.55. The molecule has 0 aliphatic carbocycles. The molecule has 0 amide bonds. The third-order valence-electron chi connectivity index (χ3n) is 2.29. The van der Waals surface area contributed by atoms with Crippen molar-refractivity contribution in [2.45, 2.75) is 0 Å². The van der Waals surface area contributed by atoms with Crippen LogP contribution in [-0.4, -0.2) is 17.1 Å². The van der Waals surface area contributed by atoms with E-state index in [2.05, 4.69) is 36.6 Å². The molecule has 0 bridgehead atoms. The van der Waals surface area contributed by atoms with Crippen LogP contribution in [0.5, 0.6) is 5.75 Å². The fourth-order valence-electron chi connectivity index (χ4n) is 1.40. The topological polar surface area (TPSA) is 85.1 Å². The molecule has 0 unspecified atom stereocenters. The number of rotatable bonds is 4. The monoisotopic (exact) mass is 327 g/mol. The van der Waals surface area contributed by atoms with Gasteiger partial charge in [-0.05, 0) is 28.1 Å². The second-order valence-electron chi connectivity index (χ2n) is 3.51. The van der Waals surface area contributed by atoms with Crippen LogP contribution in [0, 0.1) is 5.82 Å². The van der Waals surface area contributed by atoms with Crippen molar-refractivity contribution < 1.29 is 9.13 Å². The number of hydrogen-bond acceptors (Lipinski definition) is 6. The van der Waals surface area contributed by atoms with E-state index in [0.717, 1.165) is 0 Å². The lowest BCUT2D eigenvalue weighted by molar-refractivity contribution is 0.387. The molecule has 0 atom stereocenters. The lowest BCUT2D eigenvalue weighted by Gasteiger charge is -2.10. The summed E-state index contributed by atoms with van der Waals surface area (Å²) in [5.41, 5.74) is 2.97. The van der Waals surface area contributed by atoms with Crippen LogP contribution in [0.15, 0.2) is 28.9 Å². The minimum atomic E-state index is -0.431. The highest BCUT2D eigenvalue weighted by molar-refractivity contribution is 9.10. The van der Waals surface area contributed by atoms with Crippen LogP contribution < -0.4 is 21.3 Å². The fourth-order valence-corrected chi connectivity index (χ4v) is 1.69. The fraction of sp³-hybridized carbons (Fsp3) is 0.0909. The normalized spacial score (nSPS) is 10.1. The number of nitrogens with zero attached hydrogens (tertiary/aromatic N) is 2. The van der Waals surface area contributed by atoms with Crippen LogP contribution in [0.25, 0.3) is 0 Å². The summed E-state index contributed by atoms with van der Waals surface area (Å²) >= 11 is 3.31. The second-order valence-corrected chi connectivity index (χ2v) is 4.36. The highest BCUT2D eigenvalue weighted by Gasteiger charge is 2.07. The van der Waals surface area contributed by atoms with Crippen molar-refractivity contribution in [1.29, 1.82) is 0 Å². The van der Waals surface area contributed by atoms with Gasteiger partial charge in [0.1, 0.15) is 5.82 Å². The van der Waals surface area contributed by atoms with Gasteiger partial charge in [0.15, 0.2) is 11.6 Å². The molecular formula is C11H11BrFN5O. The van der Waals surface area contributed by atoms with Crippen molar-refractivity contribution in [1.82, 2.24) is 9.97 Å². The smallest absolute Gasteiger partial charge is 0.239 e. The SMILES string of the molecule is COc1cc(Nc2nc(NN)ncc2Br)ccc1F. The van der Waals surface area contributed by atoms with Crippen molar-refractivity contribution in [2.24, 2.45) is 5.84 Å². The van der Waals surface area contributed by atoms with Gasteiger partial charge in [0.2, 0.25) is 5.95 Å². The zero-order valence-corrected chi connectivity index (χ0v) is 11.5. The Morgan fingerprint density at radius 2 is 2.21 bits per heavy atom. The van der Waals surface area contributed by atoms with Gasteiger partial charge in [-0.25, -0.2) is 15.2 Å².